The second-order valence-electron chi connectivity index (χ2n) is 6.12. The lowest BCUT2D eigenvalue weighted by atomic mass is 10.1. The minimum atomic E-state index is -0.268. The lowest BCUT2D eigenvalue weighted by molar-refractivity contribution is 0.0655. The highest BCUT2D eigenvalue weighted by atomic mass is 16.2. The van der Waals surface area contributed by atoms with Gasteiger partial charge in [0, 0.05) is 31.3 Å². The van der Waals surface area contributed by atoms with Gasteiger partial charge in [0.25, 0.3) is 11.8 Å². The van der Waals surface area contributed by atoms with Crippen molar-refractivity contribution in [1.82, 2.24) is 25.1 Å². The molecule has 0 saturated carbocycles. The number of hydrogen-bond acceptors (Lipinski definition) is 6. The molecule has 136 valence electrons. The Labute approximate surface area is 155 Å². The highest BCUT2D eigenvalue weighted by molar-refractivity contribution is 6.21. The summed E-state index contributed by atoms with van der Waals surface area (Å²) in [6.45, 7) is 3.02. The number of aromatic amines is 1. The van der Waals surface area contributed by atoms with Crippen LogP contribution in [-0.2, 0) is 6.42 Å². The van der Waals surface area contributed by atoms with E-state index in [1.807, 2.05) is 19.1 Å². The lowest BCUT2D eigenvalue weighted by Gasteiger charge is -2.11. The van der Waals surface area contributed by atoms with Gasteiger partial charge in [-0.1, -0.05) is 12.1 Å². The molecule has 1 aliphatic rings. The van der Waals surface area contributed by atoms with Crippen molar-refractivity contribution in [2.24, 2.45) is 0 Å². The van der Waals surface area contributed by atoms with Crippen LogP contribution in [0.2, 0.25) is 0 Å². The fourth-order valence-electron chi connectivity index (χ4n) is 3.05. The number of aromatic nitrogens is 4. The van der Waals surface area contributed by atoms with Gasteiger partial charge < -0.3 is 5.32 Å². The fraction of sp³-hybridized carbons (Fsp3) is 0.211. The number of carbonyl (C=O) groups is 2. The summed E-state index contributed by atoms with van der Waals surface area (Å²) in [6, 6.07) is 10.6. The molecular weight excluding hydrogens is 344 g/mol. The first-order valence-corrected chi connectivity index (χ1v) is 8.74. The number of carbonyl (C=O) groups excluding carboxylic acids is 2. The number of rotatable bonds is 6. The van der Waals surface area contributed by atoms with Crippen LogP contribution >= 0.6 is 0 Å². The summed E-state index contributed by atoms with van der Waals surface area (Å²) in [6.07, 6.45) is 2.08. The quantitative estimate of drug-likeness (QED) is 0.651. The molecule has 1 aliphatic heterocycles. The molecule has 2 N–H and O–H groups in total. The third-order valence-electron chi connectivity index (χ3n) is 4.36. The average molecular weight is 362 g/mol. The first-order chi connectivity index (χ1) is 13.2. The number of anilines is 1. The van der Waals surface area contributed by atoms with Crippen LogP contribution in [0.5, 0.6) is 0 Å². The molecule has 0 bridgehead atoms. The standard InChI is InChI=1S/C19H18N6O2/c1-2-20-16-11-12(7-9-21-16)17-22-15(23-24-17)8-10-25-18(26)13-5-3-4-6-14(13)19(25)27/h3-7,9,11H,2,8,10H2,1H3,(H,20,21)(H,22,23,24). The number of nitrogens with zero attached hydrogens (tertiary/aromatic N) is 4. The summed E-state index contributed by atoms with van der Waals surface area (Å²) < 4.78 is 0. The van der Waals surface area contributed by atoms with Crippen LogP contribution in [0.1, 0.15) is 33.5 Å². The monoisotopic (exact) mass is 362 g/mol. The number of imide groups is 1. The molecule has 0 aliphatic carbocycles. The van der Waals surface area contributed by atoms with Crippen molar-refractivity contribution >= 4 is 17.6 Å². The molecule has 8 heteroatoms. The van der Waals surface area contributed by atoms with Crippen LogP contribution in [0.25, 0.3) is 11.4 Å². The van der Waals surface area contributed by atoms with Crippen LogP contribution in [0, 0.1) is 0 Å². The van der Waals surface area contributed by atoms with Crippen LogP contribution in [0.4, 0.5) is 5.82 Å². The summed E-state index contributed by atoms with van der Waals surface area (Å²) in [5.41, 5.74) is 1.76. The Balaban J connectivity index is 1.46. The zero-order valence-electron chi connectivity index (χ0n) is 14.8. The van der Waals surface area contributed by atoms with Crippen molar-refractivity contribution in [3.63, 3.8) is 0 Å². The molecule has 0 fully saturated rings. The molecule has 0 radical (unpaired) electrons. The number of benzene rings is 1. The van der Waals surface area contributed by atoms with Crippen molar-refractivity contribution in [2.75, 3.05) is 18.4 Å². The summed E-state index contributed by atoms with van der Waals surface area (Å²) in [7, 11) is 0. The minimum absolute atomic E-state index is 0.239. The van der Waals surface area contributed by atoms with Gasteiger partial charge >= 0.3 is 0 Å². The summed E-state index contributed by atoms with van der Waals surface area (Å²) in [5.74, 6) is 1.39. The smallest absolute Gasteiger partial charge is 0.261 e. The number of H-pyrrole nitrogens is 1. The molecule has 0 spiro atoms. The lowest BCUT2D eigenvalue weighted by Crippen LogP contribution is -2.31. The van der Waals surface area contributed by atoms with Gasteiger partial charge in [-0.25, -0.2) is 9.97 Å². The number of fused-ring (bicyclic) bond motifs is 1. The van der Waals surface area contributed by atoms with Crippen molar-refractivity contribution in [3.05, 3.63) is 59.5 Å². The van der Waals surface area contributed by atoms with Crippen LogP contribution in [0.3, 0.4) is 0 Å². The molecule has 0 atom stereocenters. The molecular formula is C19H18N6O2. The van der Waals surface area contributed by atoms with E-state index in [0.717, 1.165) is 17.9 Å². The van der Waals surface area contributed by atoms with Gasteiger partial charge in [-0.05, 0) is 31.2 Å². The van der Waals surface area contributed by atoms with E-state index in [1.54, 1.807) is 30.5 Å². The molecule has 0 saturated heterocycles. The van der Waals surface area contributed by atoms with E-state index < -0.39 is 0 Å². The first kappa shape index (κ1) is 16.9. The number of hydrogen-bond donors (Lipinski definition) is 2. The van der Waals surface area contributed by atoms with Crippen molar-refractivity contribution < 1.29 is 9.59 Å². The van der Waals surface area contributed by atoms with Crippen LogP contribution in [-0.4, -0.2) is 50.0 Å². The molecule has 27 heavy (non-hydrogen) atoms. The van der Waals surface area contributed by atoms with Gasteiger partial charge in [0.2, 0.25) is 0 Å². The minimum Gasteiger partial charge on any atom is -0.370 e. The SMILES string of the molecule is CCNc1cc(-c2nc(CCN3C(=O)c4ccccc4C3=O)n[nH]2)ccn1. The topological polar surface area (TPSA) is 104 Å². The van der Waals surface area contributed by atoms with Crippen LogP contribution in [0.15, 0.2) is 42.6 Å². The molecule has 2 aromatic heterocycles. The average Bonchev–Trinajstić information content (AvgIpc) is 3.25. The summed E-state index contributed by atoms with van der Waals surface area (Å²) in [5, 5.41) is 10.3. The molecule has 2 amide bonds. The Morgan fingerprint density at radius 2 is 1.85 bits per heavy atom. The fourth-order valence-corrected chi connectivity index (χ4v) is 3.05. The van der Waals surface area contributed by atoms with E-state index in [-0.39, 0.29) is 18.4 Å². The molecule has 4 rings (SSSR count). The zero-order chi connectivity index (χ0) is 18.8. The maximum Gasteiger partial charge on any atom is 0.261 e. The van der Waals surface area contributed by atoms with E-state index in [2.05, 4.69) is 25.5 Å². The predicted molar refractivity (Wildman–Crippen MR) is 99.3 cm³/mol. The Bertz CT molecular complexity index is 978. The normalized spacial score (nSPS) is 13.1. The maximum atomic E-state index is 12.4. The van der Waals surface area contributed by atoms with Crippen molar-refractivity contribution in [1.29, 1.82) is 0 Å². The van der Waals surface area contributed by atoms with E-state index in [1.165, 1.54) is 4.90 Å². The van der Waals surface area contributed by atoms with E-state index in [9.17, 15) is 9.59 Å². The van der Waals surface area contributed by atoms with E-state index in [4.69, 9.17) is 0 Å². The third kappa shape index (κ3) is 3.17. The van der Waals surface area contributed by atoms with Gasteiger partial charge in [0.1, 0.15) is 5.82 Å². The van der Waals surface area contributed by atoms with Gasteiger partial charge in [-0.15, -0.1) is 0 Å². The Kier molecular flexibility index (Phi) is 4.37. The summed E-state index contributed by atoms with van der Waals surface area (Å²) in [4.78, 5) is 34.7. The first-order valence-electron chi connectivity index (χ1n) is 8.74. The van der Waals surface area contributed by atoms with Crippen molar-refractivity contribution in [3.8, 4) is 11.4 Å². The zero-order valence-corrected chi connectivity index (χ0v) is 14.8. The van der Waals surface area contributed by atoms with Crippen molar-refractivity contribution in [2.45, 2.75) is 13.3 Å². The van der Waals surface area contributed by atoms with E-state index in [0.29, 0.717) is 29.2 Å². The highest BCUT2D eigenvalue weighted by Crippen LogP contribution is 2.23. The maximum absolute atomic E-state index is 12.4. The van der Waals surface area contributed by atoms with Gasteiger partial charge in [0.05, 0.1) is 11.1 Å². The predicted octanol–water partition coefficient (Wildman–Crippen LogP) is 2.14. The summed E-state index contributed by atoms with van der Waals surface area (Å²) >= 11 is 0. The number of nitrogens with one attached hydrogen (secondary N) is 2. The second-order valence-corrected chi connectivity index (χ2v) is 6.12. The molecule has 8 nitrogen and oxygen atoms in total. The third-order valence-corrected chi connectivity index (χ3v) is 4.36. The van der Waals surface area contributed by atoms with Gasteiger partial charge in [-0.3, -0.25) is 19.6 Å². The molecule has 3 aromatic rings. The highest BCUT2D eigenvalue weighted by Gasteiger charge is 2.34. The number of pyridine rings is 1. The number of amides is 2. The van der Waals surface area contributed by atoms with Gasteiger partial charge in [0.15, 0.2) is 11.6 Å². The van der Waals surface area contributed by atoms with Crippen LogP contribution < -0.4 is 5.32 Å². The Morgan fingerprint density at radius 1 is 1.11 bits per heavy atom. The molecule has 0 unspecified atom stereocenters. The second kappa shape index (κ2) is 6.99. The molecule has 1 aromatic carbocycles. The van der Waals surface area contributed by atoms with Gasteiger partial charge in [-0.2, -0.15) is 5.10 Å². The molecule has 3 heterocycles. The van der Waals surface area contributed by atoms with E-state index >= 15 is 0 Å². The Morgan fingerprint density at radius 3 is 2.56 bits per heavy atom. The Hall–Kier alpha value is -3.55. The largest absolute Gasteiger partial charge is 0.370 e.